The Bertz CT molecular complexity index is 1630. The fourth-order valence-corrected chi connectivity index (χ4v) is 4.36. The quantitative estimate of drug-likeness (QED) is 0.396. The lowest BCUT2D eigenvalue weighted by Gasteiger charge is -2.19. The van der Waals surface area contributed by atoms with E-state index in [9.17, 15) is 14.4 Å². The second-order valence-corrected chi connectivity index (χ2v) is 8.65. The second-order valence-electron chi connectivity index (χ2n) is 8.65. The Hall–Kier alpha value is -4.54. The molecule has 5 rings (SSSR count). The first kappa shape index (κ1) is 24.2. The highest BCUT2D eigenvalue weighted by molar-refractivity contribution is 6.15. The van der Waals surface area contributed by atoms with Crippen LogP contribution >= 0.6 is 0 Å². The van der Waals surface area contributed by atoms with Gasteiger partial charge >= 0.3 is 6.09 Å². The Morgan fingerprint density at radius 2 is 1.81 bits per heavy atom. The zero-order chi connectivity index (χ0) is 26.3. The van der Waals surface area contributed by atoms with Crippen LogP contribution in [0.1, 0.15) is 13.3 Å². The summed E-state index contributed by atoms with van der Waals surface area (Å²) in [6.45, 7) is 2.43. The van der Waals surface area contributed by atoms with Crippen LogP contribution in [0.15, 0.2) is 35.3 Å². The third-order valence-electron chi connectivity index (χ3n) is 6.40. The molecule has 1 aliphatic rings. The van der Waals surface area contributed by atoms with Gasteiger partial charge in [0.15, 0.2) is 23.0 Å². The standard InChI is InChI=1S/C26H26N4O7/c1-5-23(31)27-6-7-29(2)26(33)37-22-9-15-14(8-19(22)34-4)17-12-28-18-11-21-20(35-13-36-21)10-16(18)24(17)30(3)25(15)32/h8-12H,5-7,13H2,1-4H3,(H,27,31). The summed E-state index contributed by atoms with van der Waals surface area (Å²) in [7, 11) is 4.70. The molecule has 0 fully saturated rings. The minimum atomic E-state index is -0.648. The number of likely N-dealkylation sites (N-methyl/N-ethyl adjacent to an activating group) is 1. The van der Waals surface area contributed by atoms with Gasteiger partial charge in [-0.05, 0) is 18.2 Å². The van der Waals surface area contributed by atoms with Crippen molar-refractivity contribution >= 4 is 44.6 Å². The van der Waals surface area contributed by atoms with Crippen molar-refractivity contribution < 1.29 is 28.5 Å². The van der Waals surface area contributed by atoms with Gasteiger partial charge in [-0.1, -0.05) is 6.92 Å². The monoisotopic (exact) mass is 506 g/mol. The topological polar surface area (TPSA) is 121 Å². The van der Waals surface area contributed by atoms with Crippen LogP contribution in [0.3, 0.4) is 0 Å². The van der Waals surface area contributed by atoms with Crippen LogP contribution in [-0.4, -0.2) is 60.5 Å². The van der Waals surface area contributed by atoms with Crippen molar-refractivity contribution in [1.29, 1.82) is 0 Å². The van der Waals surface area contributed by atoms with Crippen molar-refractivity contribution in [3.63, 3.8) is 0 Å². The molecule has 0 unspecified atom stereocenters. The highest BCUT2D eigenvalue weighted by Gasteiger charge is 2.21. The number of nitrogens with one attached hydrogen (secondary N) is 1. The number of benzene rings is 2. The molecule has 1 aliphatic heterocycles. The van der Waals surface area contributed by atoms with Gasteiger partial charge in [-0.2, -0.15) is 0 Å². The number of carbonyl (C=O) groups is 2. The van der Waals surface area contributed by atoms with Crippen molar-refractivity contribution in [3.8, 4) is 23.0 Å². The number of ether oxygens (including phenoxy) is 4. The van der Waals surface area contributed by atoms with Gasteiger partial charge in [-0.25, -0.2) is 4.79 Å². The third-order valence-corrected chi connectivity index (χ3v) is 6.40. The number of aryl methyl sites for hydroxylation is 1. The molecule has 0 saturated carbocycles. The Labute approximate surface area is 211 Å². The predicted molar refractivity (Wildman–Crippen MR) is 137 cm³/mol. The molecular weight excluding hydrogens is 480 g/mol. The number of amides is 2. The number of pyridine rings is 2. The average molecular weight is 507 g/mol. The molecule has 0 aliphatic carbocycles. The largest absolute Gasteiger partial charge is 0.493 e. The maximum atomic E-state index is 13.5. The van der Waals surface area contributed by atoms with Gasteiger partial charge in [-0.3, -0.25) is 14.6 Å². The zero-order valence-corrected chi connectivity index (χ0v) is 20.9. The summed E-state index contributed by atoms with van der Waals surface area (Å²) in [4.78, 5) is 43.5. The molecule has 0 radical (unpaired) electrons. The molecule has 11 nitrogen and oxygen atoms in total. The number of carbonyl (C=O) groups excluding carboxylic acids is 2. The van der Waals surface area contributed by atoms with E-state index in [1.807, 2.05) is 6.07 Å². The van der Waals surface area contributed by atoms with Crippen LogP contribution in [0.4, 0.5) is 4.79 Å². The number of hydrogen-bond donors (Lipinski definition) is 1. The minimum Gasteiger partial charge on any atom is -0.493 e. The van der Waals surface area contributed by atoms with E-state index >= 15 is 0 Å². The second kappa shape index (κ2) is 9.49. The number of aromatic nitrogens is 2. The van der Waals surface area contributed by atoms with E-state index in [2.05, 4.69) is 10.3 Å². The Kier molecular flexibility index (Phi) is 6.20. The Morgan fingerprint density at radius 1 is 1.08 bits per heavy atom. The highest BCUT2D eigenvalue weighted by Crippen LogP contribution is 2.40. The molecule has 4 aromatic rings. The fraction of sp³-hybridized carbons (Fsp3) is 0.308. The van der Waals surface area contributed by atoms with Crippen LogP contribution in [-0.2, 0) is 11.8 Å². The summed E-state index contributed by atoms with van der Waals surface area (Å²) in [6, 6.07) is 6.79. The molecular formula is C26H26N4O7. The summed E-state index contributed by atoms with van der Waals surface area (Å²) in [5, 5.41) is 5.13. The first-order valence-corrected chi connectivity index (χ1v) is 11.7. The molecule has 2 aromatic heterocycles. The molecule has 2 amide bonds. The summed E-state index contributed by atoms with van der Waals surface area (Å²) >= 11 is 0. The smallest absolute Gasteiger partial charge is 0.415 e. The molecule has 0 bridgehead atoms. The van der Waals surface area contributed by atoms with E-state index in [0.717, 1.165) is 10.8 Å². The van der Waals surface area contributed by atoms with Gasteiger partial charge in [-0.15, -0.1) is 0 Å². The maximum Gasteiger partial charge on any atom is 0.415 e. The number of rotatable bonds is 6. The molecule has 0 atom stereocenters. The highest BCUT2D eigenvalue weighted by atomic mass is 16.7. The van der Waals surface area contributed by atoms with Gasteiger partial charge in [0.25, 0.3) is 5.56 Å². The normalized spacial score (nSPS) is 12.2. The van der Waals surface area contributed by atoms with Crippen molar-refractivity contribution in [2.75, 3.05) is 34.0 Å². The first-order valence-electron chi connectivity index (χ1n) is 11.7. The van der Waals surface area contributed by atoms with Gasteiger partial charge < -0.3 is 33.7 Å². The zero-order valence-electron chi connectivity index (χ0n) is 20.9. The molecule has 11 heteroatoms. The molecule has 0 saturated heterocycles. The van der Waals surface area contributed by atoms with Crippen molar-refractivity contribution in [2.24, 2.45) is 7.05 Å². The van der Waals surface area contributed by atoms with Gasteiger partial charge in [0.2, 0.25) is 12.7 Å². The van der Waals surface area contributed by atoms with E-state index in [4.69, 9.17) is 18.9 Å². The molecule has 2 aromatic carbocycles. The summed E-state index contributed by atoms with van der Waals surface area (Å²) in [5.41, 5.74) is 1.08. The van der Waals surface area contributed by atoms with Crippen molar-refractivity contribution in [3.05, 3.63) is 40.8 Å². The van der Waals surface area contributed by atoms with Crippen LogP contribution in [0, 0.1) is 0 Å². The SMILES string of the molecule is CCC(=O)NCCN(C)C(=O)Oc1cc2c(=O)n(C)c3c4cc5c(cc4ncc3c2cc1OC)OCO5. The number of fused-ring (bicyclic) bond motifs is 6. The Balaban J connectivity index is 1.56. The van der Waals surface area contributed by atoms with E-state index in [1.165, 1.54) is 18.1 Å². The van der Waals surface area contributed by atoms with E-state index in [-0.39, 0.29) is 36.3 Å². The lowest BCUT2D eigenvalue weighted by atomic mass is 10.0. The lowest BCUT2D eigenvalue weighted by Crippen LogP contribution is -2.37. The molecule has 1 N–H and O–H groups in total. The van der Waals surface area contributed by atoms with Gasteiger partial charge in [0.05, 0.1) is 23.5 Å². The molecule has 3 heterocycles. The number of methoxy groups -OCH3 is 1. The minimum absolute atomic E-state index is 0.103. The fourth-order valence-electron chi connectivity index (χ4n) is 4.36. The third kappa shape index (κ3) is 4.22. The van der Waals surface area contributed by atoms with E-state index < -0.39 is 6.09 Å². The van der Waals surface area contributed by atoms with E-state index in [1.54, 1.807) is 43.9 Å². The van der Waals surface area contributed by atoms with Gasteiger partial charge in [0.1, 0.15) is 0 Å². The first-order chi connectivity index (χ1) is 17.8. The predicted octanol–water partition coefficient (Wildman–Crippen LogP) is 2.93. The van der Waals surface area contributed by atoms with Crippen molar-refractivity contribution in [2.45, 2.75) is 13.3 Å². The van der Waals surface area contributed by atoms with Crippen LogP contribution in [0.5, 0.6) is 23.0 Å². The van der Waals surface area contributed by atoms with Crippen molar-refractivity contribution in [1.82, 2.24) is 19.8 Å². The average Bonchev–Trinajstić information content (AvgIpc) is 3.36. The summed E-state index contributed by atoms with van der Waals surface area (Å²) < 4.78 is 23.6. The van der Waals surface area contributed by atoms with Gasteiger partial charge in [0, 0.05) is 62.0 Å². The molecule has 37 heavy (non-hydrogen) atoms. The summed E-state index contributed by atoms with van der Waals surface area (Å²) in [5.74, 6) is 1.49. The molecule has 192 valence electrons. The summed E-state index contributed by atoms with van der Waals surface area (Å²) in [6.07, 6.45) is 1.41. The number of nitrogens with zero attached hydrogens (tertiary/aromatic N) is 3. The van der Waals surface area contributed by atoms with Crippen LogP contribution < -0.4 is 29.8 Å². The van der Waals surface area contributed by atoms with Crippen LogP contribution in [0.25, 0.3) is 32.6 Å². The number of hydrogen-bond acceptors (Lipinski definition) is 8. The van der Waals surface area contributed by atoms with E-state index in [0.29, 0.717) is 46.3 Å². The molecule has 0 spiro atoms. The van der Waals surface area contributed by atoms with Crippen LogP contribution in [0.2, 0.25) is 0 Å². The maximum absolute atomic E-state index is 13.5. The lowest BCUT2D eigenvalue weighted by molar-refractivity contribution is -0.120. The Morgan fingerprint density at radius 3 is 2.54 bits per heavy atom.